The summed E-state index contributed by atoms with van der Waals surface area (Å²) >= 11 is 1.38. The molecule has 0 saturated heterocycles. The van der Waals surface area contributed by atoms with Gasteiger partial charge < -0.3 is 10.1 Å². The Hall–Kier alpha value is -2.67. The summed E-state index contributed by atoms with van der Waals surface area (Å²) in [5, 5.41) is 2.73. The third kappa shape index (κ3) is 3.48. The van der Waals surface area contributed by atoms with Crippen LogP contribution in [0.2, 0.25) is 0 Å². The Bertz CT molecular complexity index is 874. The number of ether oxygens (including phenoxy) is 1. The summed E-state index contributed by atoms with van der Waals surface area (Å²) in [7, 11) is 0. The molecule has 1 aromatic carbocycles. The SMILES string of the molecule is CCc1sc(C(=O)O[C@@H](C)C(=O)N2CC(=O)Nc3ccccc32)cc1C. The molecule has 0 unspecified atom stereocenters. The van der Waals surface area contributed by atoms with Gasteiger partial charge in [0, 0.05) is 4.88 Å². The van der Waals surface area contributed by atoms with Gasteiger partial charge in [0.2, 0.25) is 5.91 Å². The van der Waals surface area contributed by atoms with E-state index in [1.807, 2.05) is 13.8 Å². The number of thiophene rings is 1. The van der Waals surface area contributed by atoms with Gasteiger partial charge in [0.15, 0.2) is 6.10 Å². The molecule has 1 N–H and O–H groups in total. The maximum atomic E-state index is 12.8. The lowest BCUT2D eigenvalue weighted by Crippen LogP contribution is -2.47. The molecule has 136 valence electrons. The molecule has 6 nitrogen and oxygen atoms in total. The van der Waals surface area contributed by atoms with E-state index in [1.165, 1.54) is 23.2 Å². The van der Waals surface area contributed by atoms with Gasteiger partial charge in [-0.1, -0.05) is 19.1 Å². The first-order valence-electron chi connectivity index (χ1n) is 8.41. The first kappa shape index (κ1) is 18.1. The highest BCUT2D eigenvalue weighted by Crippen LogP contribution is 2.30. The molecule has 7 heteroatoms. The van der Waals surface area contributed by atoms with Crippen molar-refractivity contribution in [3.63, 3.8) is 0 Å². The van der Waals surface area contributed by atoms with E-state index < -0.39 is 18.0 Å². The molecule has 0 fully saturated rings. The highest BCUT2D eigenvalue weighted by Gasteiger charge is 2.31. The summed E-state index contributed by atoms with van der Waals surface area (Å²) in [6.07, 6.45) is -0.147. The molecular formula is C19H20N2O4S. The Labute approximate surface area is 155 Å². The van der Waals surface area contributed by atoms with Gasteiger partial charge in [-0.25, -0.2) is 4.79 Å². The van der Waals surface area contributed by atoms with Gasteiger partial charge in [-0.15, -0.1) is 11.3 Å². The molecule has 2 heterocycles. The number of hydrogen-bond acceptors (Lipinski definition) is 5. The van der Waals surface area contributed by atoms with Crippen LogP contribution in [-0.4, -0.2) is 30.4 Å². The second-order valence-corrected chi connectivity index (χ2v) is 7.24. The number of carbonyl (C=O) groups is 3. The second-order valence-electron chi connectivity index (χ2n) is 6.11. The van der Waals surface area contributed by atoms with Crippen molar-refractivity contribution in [2.45, 2.75) is 33.3 Å². The van der Waals surface area contributed by atoms with Gasteiger partial charge in [0.1, 0.15) is 11.4 Å². The van der Waals surface area contributed by atoms with Crippen LogP contribution in [0.1, 0.15) is 34.0 Å². The summed E-state index contributed by atoms with van der Waals surface area (Å²) in [6, 6.07) is 8.82. The first-order chi connectivity index (χ1) is 12.4. The van der Waals surface area contributed by atoms with Crippen molar-refractivity contribution in [3.8, 4) is 0 Å². The summed E-state index contributed by atoms with van der Waals surface area (Å²) < 4.78 is 5.36. The highest BCUT2D eigenvalue weighted by molar-refractivity contribution is 7.14. The van der Waals surface area contributed by atoms with Gasteiger partial charge in [0.05, 0.1) is 11.4 Å². The zero-order valence-corrected chi connectivity index (χ0v) is 15.7. The fraction of sp³-hybridized carbons (Fsp3) is 0.316. The fourth-order valence-corrected chi connectivity index (χ4v) is 3.89. The highest BCUT2D eigenvalue weighted by atomic mass is 32.1. The molecule has 3 rings (SSSR count). The smallest absolute Gasteiger partial charge is 0.349 e. The lowest BCUT2D eigenvalue weighted by atomic mass is 10.1. The zero-order chi connectivity index (χ0) is 18.8. The minimum atomic E-state index is -0.992. The maximum Gasteiger partial charge on any atom is 0.349 e. The van der Waals surface area contributed by atoms with E-state index in [-0.39, 0.29) is 12.5 Å². The summed E-state index contributed by atoms with van der Waals surface area (Å²) in [5.41, 5.74) is 2.21. The lowest BCUT2D eigenvalue weighted by molar-refractivity contribution is -0.128. The summed E-state index contributed by atoms with van der Waals surface area (Å²) in [5.74, 6) is -1.23. The van der Waals surface area contributed by atoms with E-state index in [0.717, 1.165) is 16.9 Å². The Morgan fingerprint density at radius 1 is 1.35 bits per heavy atom. The molecule has 2 aromatic rings. The number of anilines is 2. The van der Waals surface area contributed by atoms with Crippen LogP contribution >= 0.6 is 11.3 Å². The summed E-state index contributed by atoms with van der Waals surface area (Å²) in [6.45, 7) is 5.40. The van der Waals surface area contributed by atoms with Crippen molar-refractivity contribution in [2.24, 2.45) is 0 Å². The number of para-hydroxylation sites is 2. The van der Waals surface area contributed by atoms with Crippen LogP contribution in [0.5, 0.6) is 0 Å². The van der Waals surface area contributed by atoms with E-state index >= 15 is 0 Å². The van der Waals surface area contributed by atoms with Crippen LogP contribution < -0.4 is 10.2 Å². The molecule has 1 aromatic heterocycles. The topological polar surface area (TPSA) is 75.7 Å². The third-order valence-electron chi connectivity index (χ3n) is 4.21. The van der Waals surface area contributed by atoms with Crippen molar-refractivity contribution >= 4 is 40.5 Å². The van der Waals surface area contributed by atoms with E-state index in [4.69, 9.17) is 4.74 Å². The Morgan fingerprint density at radius 3 is 2.77 bits per heavy atom. The Morgan fingerprint density at radius 2 is 2.08 bits per heavy atom. The fourth-order valence-electron chi connectivity index (χ4n) is 2.89. The standard InChI is InChI=1S/C19H20N2O4S/c1-4-15-11(2)9-16(26-15)19(24)25-12(3)18(23)21-10-17(22)20-13-7-5-6-8-14(13)21/h5-9,12H,4,10H2,1-3H3,(H,20,22)/t12-/m0/s1. The van der Waals surface area contributed by atoms with Crippen LogP contribution in [0.25, 0.3) is 0 Å². The molecule has 2 amide bonds. The molecule has 0 bridgehead atoms. The van der Waals surface area contributed by atoms with Crippen molar-refractivity contribution < 1.29 is 19.1 Å². The van der Waals surface area contributed by atoms with E-state index in [1.54, 1.807) is 30.3 Å². The van der Waals surface area contributed by atoms with Gasteiger partial charge in [-0.2, -0.15) is 0 Å². The average molecular weight is 372 g/mol. The van der Waals surface area contributed by atoms with Crippen LogP contribution in [0, 0.1) is 6.92 Å². The minimum Gasteiger partial charge on any atom is -0.448 e. The largest absolute Gasteiger partial charge is 0.448 e. The predicted octanol–water partition coefficient (Wildman–Crippen LogP) is 3.15. The molecule has 26 heavy (non-hydrogen) atoms. The van der Waals surface area contributed by atoms with Gasteiger partial charge in [0.25, 0.3) is 5.91 Å². The third-order valence-corrected chi connectivity index (χ3v) is 5.57. The van der Waals surface area contributed by atoms with Crippen molar-refractivity contribution in [1.82, 2.24) is 0 Å². The monoisotopic (exact) mass is 372 g/mol. The molecule has 0 saturated carbocycles. The maximum absolute atomic E-state index is 12.8. The first-order valence-corrected chi connectivity index (χ1v) is 9.23. The molecule has 1 atom stereocenters. The number of nitrogens with one attached hydrogen (secondary N) is 1. The van der Waals surface area contributed by atoms with E-state index in [9.17, 15) is 14.4 Å². The lowest BCUT2D eigenvalue weighted by Gasteiger charge is -2.30. The Kier molecular flexibility index (Phi) is 5.08. The number of carbonyl (C=O) groups excluding carboxylic acids is 3. The normalized spacial score (nSPS) is 14.4. The quantitative estimate of drug-likeness (QED) is 0.837. The molecule has 1 aliphatic rings. The van der Waals surface area contributed by atoms with Gasteiger partial charge in [-0.05, 0) is 44.0 Å². The molecule has 0 aliphatic carbocycles. The number of rotatable bonds is 4. The number of esters is 1. The van der Waals surface area contributed by atoms with Crippen LogP contribution in [0.15, 0.2) is 30.3 Å². The molecule has 0 spiro atoms. The molecular weight excluding hydrogens is 352 g/mol. The van der Waals surface area contributed by atoms with Crippen molar-refractivity contribution in [1.29, 1.82) is 0 Å². The van der Waals surface area contributed by atoms with Gasteiger partial charge in [-0.3, -0.25) is 14.5 Å². The van der Waals surface area contributed by atoms with E-state index in [0.29, 0.717) is 16.3 Å². The number of hydrogen-bond donors (Lipinski definition) is 1. The van der Waals surface area contributed by atoms with Crippen molar-refractivity contribution in [3.05, 3.63) is 45.6 Å². The van der Waals surface area contributed by atoms with Crippen LogP contribution in [0.4, 0.5) is 11.4 Å². The average Bonchev–Trinajstić information content (AvgIpc) is 3.01. The molecule has 0 radical (unpaired) electrons. The van der Waals surface area contributed by atoms with Crippen LogP contribution in [0.3, 0.4) is 0 Å². The number of benzene rings is 1. The van der Waals surface area contributed by atoms with Crippen molar-refractivity contribution in [2.75, 3.05) is 16.8 Å². The van der Waals surface area contributed by atoms with E-state index in [2.05, 4.69) is 5.32 Å². The number of nitrogens with zero attached hydrogens (tertiary/aromatic N) is 1. The Balaban J connectivity index is 1.75. The number of fused-ring (bicyclic) bond motifs is 1. The number of amides is 2. The minimum absolute atomic E-state index is 0.101. The zero-order valence-electron chi connectivity index (χ0n) is 14.9. The second kappa shape index (κ2) is 7.29. The summed E-state index contributed by atoms with van der Waals surface area (Å²) in [4.78, 5) is 40.0. The molecule has 1 aliphatic heterocycles. The van der Waals surface area contributed by atoms with Gasteiger partial charge >= 0.3 is 5.97 Å². The van der Waals surface area contributed by atoms with Crippen LogP contribution in [-0.2, 0) is 20.7 Å². The number of aryl methyl sites for hydroxylation is 2. The predicted molar refractivity (Wildman–Crippen MR) is 101 cm³/mol.